The van der Waals surface area contributed by atoms with Crippen LogP contribution in [0.3, 0.4) is 0 Å². The van der Waals surface area contributed by atoms with Gasteiger partial charge in [0.15, 0.2) is 0 Å². The van der Waals surface area contributed by atoms with E-state index in [1.807, 2.05) is 62.3 Å². The Hall–Kier alpha value is -3.28. The quantitative estimate of drug-likeness (QED) is 0.411. The highest BCUT2D eigenvalue weighted by Crippen LogP contribution is 2.25. The van der Waals surface area contributed by atoms with Crippen LogP contribution in [0.4, 0.5) is 4.79 Å². The Morgan fingerprint density at radius 1 is 1.06 bits per heavy atom. The molecule has 0 bridgehead atoms. The van der Waals surface area contributed by atoms with Gasteiger partial charge in [-0.05, 0) is 38.5 Å². The number of nitrogens with one attached hydrogen (secondary N) is 1. The molecular formula is C23H24Cl2N6O2. The van der Waals surface area contributed by atoms with Crippen molar-refractivity contribution in [3.8, 4) is 6.07 Å². The lowest BCUT2D eigenvalue weighted by molar-refractivity contribution is 0.0523. The lowest BCUT2D eigenvalue weighted by Crippen LogP contribution is -2.32. The largest absolute Gasteiger partial charge is 0.444 e. The number of aryl methyl sites for hydroxylation is 2. The molecule has 0 spiro atoms. The number of nitrogens with zero attached hydrogens (tertiary/aromatic N) is 5. The van der Waals surface area contributed by atoms with Crippen LogP contribution in [0.15, 0.2) is 36.9 Å². The lowest BCUT2D eigenvalue weighted by Gasteiger charge is -2.19. The molecule has 0 aliphatic carbocycles. The van der Waals surface area contributed by atoms with Crippen LogP contribution >= 0.6 is 23.2 Å². The molecule has 0 saturated heterocycles. The van der Waals surface area contributed by atoms with Gasteiger partial charge in [0.2, 0.25) is 0 Å². The molecule has 0 aliphatic rings. The van der Waals surface area contributed by atoms with Crippen LogP contribution in [0.1, 0.15) is 31.9 Å². The van der Waals surface area contributed by atoms with E-state index in [9.17, 15) is 4.79 Å². The van der Waals surface area contributed by atoms with E-state index >= 15 is 0 Å². The molecule has 0 radical (unpaired) electrons. The highest BCUT2D eigenvalue weighted by Gasteiger charge is 2.16. The van der Waals surface area contributed by atoms with Crippen LogP contribution in [0.5, 0.6) is 0 Å². The number of halogens is 2. The van der Waals surface area contributed by atoms with Gasteiger partial charge in [0.05, 0.1) is 15.6 Å². The Morgan fingerprint density at radius 2 is 1.61 bits per heavy atom. The average molecular weight is 487 g/mol. The number of amides is 1. The Balaban J connectivity index is 0.000000203. The summed E-state index contributed by atoms with van der Waals surface area (Å²) >= 11 is 12.1. The second kappa shape index (κ2) is 9.69. The fourth-order valence-corrected chi connectivity index (χ4v) is 3.69. The van der Waals surface area contributed by atoms with E-state index in [1.165, 1.54) is 0 Å². The summed E-state index contributed by atoms with van der Waals surface area (Å²) in [6, 6.07) is 5.68. The van der Waals surface area contributed by atoms with Gasteiger partial charge < -0.3 is 19.2 Å². The van der Waals surface area contributed by atoms with Gasteiger partial charge in [-0.15, -0.1) is 0 Å². The van der Waals surface area contributed by atoms with E-state index in [-0.39, 0.29) is 0 Å². The number of ether oxygens (including phenoxy) is 1. The number of carbonyl (C=O) groups is 1. The summed E-state index contributed by atoms with van der Waals surface area (Å²) in [6.45, 7) is 5.82. The van der Waals surface area contributed by atoms with Crippen LogP contribution in [-0.2, 0) is 25.4 Å². The highest BCUT2D eigenvalue weighted by atomic mass is 35.5. The molecule has 0 saturated carbocycles. The minimum atomic E-state index is -0.505. The molecule has 33 heavy (non-hydrogen) atoms. The monoisotopic (exact) mass is 486 g/mol. The summed E-state index contributed by atoms with van der Waals surface area (Å²) in [5, 5.41) is 14.3. The fourth-order valence-electron chi connectivity index (χ4n) is 3.12. The molecular weight excluding hydrogens is 463 g/mol. The van der Waals surface area contributed by atoms with E-state index in [0.29, 0.717) is 22.2 Å². The first-order valence-corrected chi connectivity index (χ1v) is 10.8. The topological polar surface area (TPSA) is 97.8 Å². The predicted octanol–water partition coefficient (Wildman–Crippen LogP) is 5.35. The van der Waals surface area contributed by atoms with E-state index < -0.39 is 11.7 Å². The highest BCUT2D eigenvalue weighted by molar-refractivity contribution is 6.35. The molecule has 4 heterocycles. The number of nitriles is 1. The van der Waals surface area contributed by atoms with Gasteiger partial charge in [-0.3, -0.25) is 0 Å². The molecule has 8 nitrogen and oxygen atoms in total. The number of hydrogen-bond acceptors (Lipinski definition) is 5. The Labute approximate surface area is 201 Å². The van der Waals surface area contributed by atoms with E-state index in [0.717, 1.165) is 27.6 Å². The molecule has 10 heteroatoms. The third kappa shape index (κ3) is 5.95. The molecule has 4 aromatic heterocycles. The molecule has 0 aliphatic heterocycles. The molecule has 0 fully saturated rings. The van der Waals surface area contributed by atoms with Crippen molar-refractivity contribution in [1.82, 2.24) is 24.4 Å². The number of alkyl carbamates (subject to hydrolysis) is 1. The maximum absolute atomic E-state index is 11.6. The predicted molar refractivity (Wildman–Crippen MR) is 129 cm³/mol. The van der Waals surface area contributed by atoms with E-state index in [2.05, 4.69) is 15.3 Å². The Bertz CT molecular complexity index is 1360. The van der Waals surface area contributed by atoms with Crippen LogP contribution in [-0.4, -0.2) is 30.8 Å². The summed E-state index contributed by atoms with van der Waals surface area (Å²) in [7, 11) is 3.76. The summed E-state index contributed by atoms with van der Waals surface area (Å²) in [4.78, 5) is 20.1. The van der Waals surface area contributed by atoms with E-state index in [1.54, 1.807) is 24.7 Å². The first-order chi connectivity index (χ1) is 15.5. The zero-order chi connectivity index (χ0) is 24.3. The first-order valence-electron chi connectivity index (χ1n) is 10.1. The summed E-state index contributed by atoms with van der Waals surface area (Å²) in [5.41, 5.74) is 2.51. The van der Waals surface area contributed by atoms with Gasteiger partial charge in [0, 0.05) is 56.2 Å². The van der Waals surface area contributed by atoms with E-state index in [4.69, 9.17) is 33.2 Å². The number of hydrogen-bond donors (Lipinski definition) is 1. The van der Waals surface area contributed by atoms with Crippen molar-refractivity contribution in [1.29, 1.82) is 5.26 Å². The van der Waals surface area contributed by atoms with Crippen LogP contribution in [0.2, 0.25) is 10.0 Å². The molecule has 4 rings (SSSR count). The van der Waals surface area contributed by atoms with Crippen LogP contribution in [0, 0.1) is 11.3 Å². The Kier molecular flexibility index (Phi) is 7.15. The van der Waals surface area contributed by atoms with Crippen molar-refractivity contribution in [2.45, 2.75) is 32.9 Å². The molecule has 0 atom stereocenters. The maximum atomic E-state index is 11.6. The molecule has 172 valence electrons. The van der Waals surface area contributed by atoms with Crippen molar-refractivity contribution in [2.24, 2.45) is 14.1 Å². The van der Waals surface area contributed by atoms with Crippen LogP contribution < -0.4 is 5.32 Å². The SMILES string of the molecule is Cn1cc(Cl)c2cc(C#N)cnc21.Cn1cc(Cl)c2cc(CNC(=O)OC(C)(C)C)cnc21. The third-order valence-electron chi connectivity index (χ3n) is 4.55. The first kappa shape index (κ1) is 24.4. The average Bonchev–Trinajstić information content (AvgIpc) is 3.19. The molecule has 4 aromatic rings. The second-order valence-corrected chi connectivity index (χ2v) is 9.27. The lowest BCUT2D eigenvalue weighted by atomic mass is 10.2. The summed E-state index contributed by atoms with van der Waals surface area (Å²) in [6.07, 6.45) is 6.40. The van der Waals surface area contributed by atoms with Crippen molar-refractivity contribution in [3.63, 3.8) is 0 Å². The molecule has 1 amide bonds. The zero-order valence-corrected chi connectivity index (χ0v) is 20.5. The number of aromatic nitrogens is 4. The standard InChI is InChI=1S/C14H18ClN3O2.C9H6ClN3/c1-14(2,3)20-13(19)17-7-9-5-10-11(15)8-18(4)12(10)16-6-9;1-13-5-8(10)7-2-6(3-11)4-12-9(7)13/h5-6,8H,7H2,1-4H3,(H,17,19);2,4-5H,1H3. The number of pyridine rings is 2. The minimum Gasteiger partial charge on any atom is -0.444 e. The summed E-state index contributed by atoms with van der Waals surface area (Å²) in [5.74, 6) is 0. The second-order valence-electron chi connectivity index (χ2n) is 8.45. The number of fused-ring (bicyclic) bond motifs is 2. The van der Waals surface area contributed by atoms with Gasteiger partial charge in [0.1, 0.15) is 23.0 Å². The van der Waals surface area contributed by atoms with Gasteiger partial charge in [0.25, 0.3) is 0 Å². The molecule has 0 unspecified atom stereocenters. The van der Waals surface area contributed by atoms with Crippen molar-refractivity contribution < 1.29 is 9.53 Å². The number of rotatable bonds is 2. The van der Waals surface area contributed by atoms with Crippen molar-refractivity contribution in [3.05, 3.63) is 58.1 Å². The fraction of sp³-hybridized carbons (Fsp3) is 0.304. The minimum absolute atomic E-state index is 0.350. The van der Waals surface area contributed by atoms with Crippen molar-refractivity contribution >= 4 is 51.4 Å². The smallest absolute Gasteiger partial charge is 0.407 e. The maximum Gasteiger partial charge on any atom is 0.407 e. The van der Waals surface area contributed by atoms with Crippen molar-refractivity contribution in [2.75, 3.05) is 0 Å². The van der Waals surface area contributed by atoms with Gasteiger partial charge in [-0.1, -0.05) is 23.2 Å². The normalized spacial score (nSPS) is 11.1. The number of carbonyl (C=O) groups excluding carboxylic acids is 1. The third-order valence-corrected chi connectivity index (χ3v) is 5.15. The van der Waals surface area contributed by atoms with Gasteiger partial charge in [-0.2, -0.15) is 5.26 Å². The molecule has 0 aromatic carbocycles. The molecule has 1 N–H and O–H groups in total. The Morgan fingerprint density at radius 3 is 2.15 bits per heavy atom. The van der Waals surface area contributed by atoms with Gasteiger partial charge >= 0.3 is 6.09 Å². The van der Waals surface area contributed by atoms with Crippen LogP contribution in [0.25, 0.3) is 22.1 Å². The summed E-state index contributed by atoms with van der Waals surface area (Å²) < 4.78 is 8.87. The van der Waals surface area contributed by atoms with Gasteiger partial charge in [-0.25, -0.2) is 14.8 Å². The zero-order valence-electron chi connectivity index (χ0n) is 19.0.